The third-order valence-electron chi connectivity index (χ3n) is 0.937. The molecule has 0 amide bonds. The number of Topliss-reactive ketones (excluding diaryl/α,β-unsaturated/α-hetero) is 1. The average Bonchev–Trinajstić information content (AvgIpc) is 1.62. The summed E-state index contributed by atoms with van der Waals surface area (Å²) in [5.41, 5.74) is -0.422. The lowest BCUT2D eigenvalue weighted by Crippen LogP contribution is -2.25. The van der Waals surface area contributed by atoms with Crippen molar-refractivity contribution in [1.29, 1.82) is 0 Å². The van der Waals surface area contributed by atoms with Gasteiger partial charge in [-0.1, -0.05) is 44.0 Å². The van der Waals surface area contributed by atoms with E-state index >= 15 is 0 Å². The average molecular weight is 169 g/mol. The van der Waals surface area contributed by atoms with Gasteiger partial charge in [-0.3, -0.25) is 4.79 Å². The molecule has 0 saturated heterocycles. The van der Waals surface area contributed by atoms with Gasteiger partial charge in [-0.05, 0) is 0 Å². The van der Waals surface area contributed by atoms with Crippen LogP contribution in [0.25, 0.3) is 0 Å². The molecule has 9 heavy (non-hydrogen) atoms. The molecular weight excluding hydrogens is 159 g/mol. The summed E-state index contributed by atoms with van der Waals surface area (Å²) < 4.78 is 0. The van der Waals surface area contributed by atoms with Crippen LogP contribution in [0.15, 0.2) is 0 Å². The van der Waals surface area contributed by atoms with Gasteiger partial charge in [0.25, 0.3) is 0 Å². The van der Waals surface area contributed by atoms with Crippen molar-refractivity contribution in [2.45, 2.75) is 25.6 Å². The Bertz CT molecular complexity index is 113. The molecule has 0 rings (SSSR count). The standard InChI is InChI=1S/C6H10Cl2O/c1-6(2,3)4(9)5(7)8/h5H,1-3H3. The first kappa shape index (κ1) is 9.25. The highest BCUT2D eigenvalue weighted by atomic mass is 35.5. The quantitative estimate of drug-likeness (QED) is 0.551. The number of halogens is 2. The maximum Gasteiger partial charge on any atom is 0.170 e. The van der Waals surface area contributed by atoms with E-state index in [0.29, 0.717) is 0 Å². The number of hydrogen-bond donors (Lipinski definition) is 0. The third-order valence-corrected chi connectivity index (χ3v) is 1.33. The second-order valence-corrected chi connectivity index (χ2v) is 4.01. The molecule has 0 aliphatic rings. The van der Waals surface area contributed by atoms with Crippen LogP contribution in [0.1, 0.15) is 20.8 Å². The predicted octanol–water partition coefficient (Wildman–Crippen LogP) is 2.41. The topological polar surface area (TPSA) is 17.1 Å². The van der Waals surface area contributed by atoms with Crippen LogP contribution in [-0.2, 0) is 4.79 Å². The molecule has 0 aromatic carbocycles. The summed E-state index contributed by atoms with van der Waals surface area (Å²) in [5, 5.41) is 0. The van der Waals surface area contributed by atoms with Crippen LogP contribution in [0.4, 0.5) is 0 Å². The lowest BCUT2D eigenvalue weighted by Gasteiger charge is -2.16. The normalized spacial score (nSPS) is 12.2. The van der Waals surface area contributed by atoms with Crippen molar-refractivity contribution >= 4 is 29.0 Å². The van der Waals surface area contributed by atoms with E-state index in [2.05, 4.69) is 0 Å². The van der Waals surface area contributed by atoms with Crippen LogP contribution < -0.4 is 0 Å². The van der Waals surface area contributed by atoms with Gasteiger partial charge in [0.15, 0.2) is 10.6 Å². The second-order valence-electron chi connectivity index (χ2n) is 2.91. The Balaban J connectivity index is 4.06. The summed E-state index contributed by atoms with van der Waals surface area (Å²) >= 11 is 10.7. The Kier molecular flexibility index (Phi) is 2.97. The Hall–Kier alpha value is 0.250. The first-order valence-electron chi connectivity index (χ1n) is 2.68. The summed E-state index contributed by atoms with van der Waals surface area (Å²) in [6.07, 6.45) is 0. The van der Waals surface area contributed by atoms with Crippen molar-refractivity contribution in [1.82, 2.24) is 0 Å². The van der Waals surface area contributed by atoms with Crippen molar-refractivity contribution in [2.75, 3.05) is 0 Å². The zero-order valence-corrected chi connectivity index (χ0v) is 7.25. The summed E-state index contributed by atoms with van der Waals surface area (Å²) in [6, 6.07) is 0. The van der Waals surface area contributed by atoms with Gasteiger partial charge in [-0.2, -0.15) is 0 Å². The zero-order valence-electron chi connectivity index (χ0n) is 5.74. The highest BCUT2D eigenvalue weighted by Gasteiger charge is 2.26. The van der Waals surface area contributed by atoms with Crippen molar-refractivity contribution in [3.63, 3.8) is 0 Å². The molecule has 3 heteroatoms. The summed E-state index contributed by atoms with van der Waals surface area (Å²) in [5.74, 6) is -0.133. The maximum absolute atomic E-state index is 10.9. The van der Waals surface area contributed by atoms with E-state index in [1.165, 1.54) is 0 Å². The monoisotopic (exact) mass is 168 g/mol. The van der Waals surface area contributed by atoms with Crippen LogP contribution in [0.2, 0.25) is 0 Å². The largest absolute Gasteiger partial charge is 0.296 e. The minimum atomic E-state index is -0.884. The van der Waals surface area contributed by atoms with Gasteiger partial charge in [0.2, 0.25) is 0 Å². The molecular formula is C6H10Cl2O. The molecule has 0 aromatic rings. The first-order valence-corrected chi connectivity index (χ1v) is 3.55. The minimum Gasteiger partial charge on any atom is -0.296 e. The van der Waals surface area contributed by atoms with Crippen LogP contribution >= 0.6 is 23.2 Å². The molecule has 0 spiro atoms. The Morgan fingerprint density at radius 1 is 1.33 bits per heavy atom. The number of ketones is 1. The summed E-state index contributed by atoms with van der Waals surface area (Å²) in [4.78, 5) is 10.0. The fourth-order valence-corrected chi connectivity index (χ4v) is 0.982. The van der Waals surface area contributed by atoms with Gasteiger partial charge in [0.05, 0.1) is 0 Å². The maximum atomic E-state index is 10.9. The Morgan fingerprint density at radius 3 is 1.67 bits per heavy atom. The number of hydrogen-bond acceptors (Lipinski definition) is 1. The molecule has 0 heterocycles. The third kappa shape index (κ3) is 3.07. The summed E-state index contributed by atoms with van der Waals surface area (Å²) in [6.45, 7) is 5.35. The number of carbonyl (C=O) groups is 1. The number of rotatable bonds is 1. The molecule has 0 bridgehead atoms. The lowest BCUT2D eigenvalue weighted by atomic mass is 9.92. The summed E-state index contributed by atoms with van der Waals surface area (Å²) in [7, 11) is 0. The highest BCUT2D eigenvalue weighted by Crippen LogP contribution is 2.21. The lowest BCUT2D eigenvalue weighted by molar-refractivity contribution is -0.124. The van der Waals surface area contributed by atoms with Gasteiger partial charge < -0.3 is 0 Å². The second kappa shape index (κ2) is 2.89. The van der Waals surface area contributed by atoms with E-state index in [-0.39, 0.29) is 5.78 Å². The van der Waals surface area contributed by atoms with E-state index in [4.69, 9.17) is 23.2 Å². The van der Waals surface area contributed by atoms with Crippen molar-refractivity contribution in [3.8, 4) is 0 Å². The van der Waals surface area contributed by atoms with E-state index in [0.717, 1.165) is 0 Å². The zero-order chi connectivity index (χ0) is 7.65. The first-order chi connectivity index (χ1) is 3.85. The fraction of sp³-hybridized carbons (Fsp3) is 0.833. The molecule has 0 aliphatic heterocycles. The molecule has 0 N–H and O–H groups in total. The van der Waals surface area contributed by atoms with Crippen LogP contribution in [0, 0.1) is 5.41 Å². The van der Waals surface area contributed by atoms with E-state index in [1.54, 1.807) is 20.8 Å². The molecule has 54 valence electrons. The smallest absolute Gasteiger partial charge is 0.170 e. The van der Waals surface area contributed by atoms with Crippen LogP contribution in [-0.4, -0.2) is 10.6 Å². The molecule has 0 fully saturated rings. The SMILES string of the molecule is CC(C)(C)C(=O)C(Cl)Cl. The molecule has 0 unspecified atom stereocenters. The van der Waals surface area contributed by atoms with Gasteiger partial charge in [0.1, 0.15) is 0 Å². The van der Waals surface area contributed by atoms with Gasteiger partial charge in [-0.15, -0.1) is 0 Å². The molecule has 0 atom stereocenters. The van der Waals surface area contributed by atoms with Crippen LogP contribution in [0.3, 0.4) is 0 Å². The van der Waals surface area contributed by atoms with E-state index in [9.17, 15) is 4.79 Å². The fourth-order valence-electron chi connectivity index (χ4n) is 0.327. The molecule has 0 radical (unpaired) electrons. The number of alkyl halides is 2. The van der Waals surface area contributed by atoms with Gasteiger partial charge in [-0.25, -0.2) is 0 Å². The molecule has 1 nitrogen and oxygen atoms in total. The predicted molar refractivity (Wildman–Crippen MR) is 40.0 cm³/mol. The minimum absolute atomic E-state index is 0.133. The van der Waals surface area contributed by atoms with Crippen molar-refractivity contribution in [2.24, 2.45) is 5.41 Å². The van der Waals surface area contributed by atoms with Crippen molar-refractivity contribution < 1.29 is 4.79 Å². The Labute approximate surface area is 65.3 Å². The van der Waals surface area contributed by atoms with Gasteiger partial charge in [0, 0.05) is 5.41 Å². The molecule has 0 aliphatic carbocycles. The molecule has 0 saturated carbocycles. The van der Waals surface area contributed by atoms with E-state index in [1.807, 2.05) is 0 Å². The van der Waals surface area contributed by atoms with Gasteiger partial charge >= 0.3 is 0 Å². The molecule has 0 aromatic heterocycles. The van der Waals surface area contributed by atoms with Crippen LogP contribution in [0.5, 0.6) is 0 Å². The van der Waals surface area contributed by atoms with Crippen molar-refractivity contribution in [3.05, 3.63) is 0 Å². The Morgan fingerprint density at radius 2 is 1.67 bits per heavy atom. The number of carbonyl (C=O) groups excluding carboxylic acids is 1. The van der Waals surface area contributed by atoms with E-state index < -0.39 is 10.3 Å². The highest BCUT2D eigenvalue weighted by molar-refractivity contribution is 6.54.